The van der Waals surface area contributed by atoms with E-state index in [-0.39, 0.29) is 0 Å². The molecule has 1 heterocycles. The van der Waals surface area contributed by atoms with Crippen LogP contribution >= 0.6 is 27.3 Å². The molecule has 0 radical (unpaired) electrons. The number of rotatable bonds is 6. The normalized spacial score (nSPS) is 13.5. The second-order valence-electron chi connectivity index (χ2n) is 16.2. The highest BCUT2D eigenvalue weighted by Crippen LogP contribution is 2.41. The summed E-state index contributed by atoms with van der Waals surface area (Å²) in [5.74, 6) is 0. The Labute approximate surface area is 411 Å². The zero-order chi connectivity index (χ0) is 55.6. The maximum absolute atomic E-state index is 14.2. The summed E-state index contributed by atoms with van der Waals surface area (Å²) in [7, 11) is 0. The van der Waals surface area contributed by atoms with Crippen LogP contribution < -0.4 is 26.4 Å². The van der Waals surface area contributed by atoms with E-state index in [4.69, 9.17) is 0 Å². The van der Waals surface area contributed by atoms with Gasteiger partial charge in [-0.25, -0.2) is 0 Å². The Hall–Kier alpha value is -5.93. The second-order valence-corrected chi connectivity index (χ2v) is 18.0. The number of benzene rings is 6. The molecule has 74 heavy (non-hydrogen) atoms. The van der Waals surface area contributed by atoms with Gasteiger partial charge in [0.2, 0.25) is 11.0 Å². The first kappa shape index (κ1) is 57.4. The zero-order valence-electron chi connectivity index (χ0n) is 35.7. The molecule has 7 aromatic rings. The third-order valence-electron chi connectivity index (χ3n) is 11.2. The van der Waals surface area contributed by atoms with Gasteiger partial charge in [0.05, 0.1) is 44.5 Å². The quantitative estimate of drug-likeness (QED) is 0.0888. The van der Waals surface area contributed by atoms with E-state index in [1.807, 2.05) is 0 Å². The predicted molar refractivity (Wildman–Crippen MR) is 225 cm³/mol. The van der Waals surface area contributed by atoms with Crippen LogP contribution in [0, 0.1) is 0 Å². The maximum Gasteiger partial charge on any atom is 0.416 e. The Balaban J connectivity index is 0.000000436. The average Bonchev–Trinajstić information content (AvgIpc) is 3.67. The van der Waals surface area contributed by atoms with Crippen molar-refractivity contribution in [3.8, 4) is 0 Å². The molecule has 0 bridgehead atoms. The number of fused-ring (bicyclic) bond motifs is 1. The number of hydrogen-bond donors (Lipinski definition) is 0. The van der Waals surface area contributed by atoms with Crippen molar-refractivity contribution in [3.63, 3.8) is 0 Å². The fraction of sp³-hybridized carbons (Fsp3) is 0.196. The number of aromatic nitrogens is 1. The molecule has 0 atom stereocenters. The van der Waals surface area contributed by atoms with Gasteiger partial charge in [0.25, 0.3) is 0 Å². The highest BCUT2D eigenvalue weighted by atomic mass is 79.9. The zero-order valence-corrected chi connectivity index (χ0v) is 38.1. The van der Waals surface area contributed by atoms with Gasteiger partial charge in [-0.05, 0) is 42.5 Å². The van der Waals surface area contributed by atoms with Crippen LogP contribution in [0.5, 0.6) is 0 Å². The molecule has 1 aromatic heterocycles. The molecular formula is C46H23BBrF24NS. The second kappa shape index (κ2) is 19.7. The van der Waals surface area contributed by atoms with Gasteiger partial charge in [0, 0.05) is 16.1 Å². The van der Waals surface area contributed by atoms with Crippen molar-refractivity contribution in [1.29, 1.82) is 0 Å². The van der Waals surface area contributed by atoms with Crippen molar-refractivity contribution in [3.05, 3.63) is 181 Å². The minimum absolute atomic E-state index is 0.691. The maximum atomic E-state index is 14.2. The molecule has 0 N–H and O–H groups in total. The summed E-state index contributed by atoms with van der Waals surface area (Å²) >= 11 is 5.25. The lowest BCUT2D eigenvalue weighted by Crippen LogP contribution is -2.75. The van der Waals surface area contributed by atoms with Crippen LogP contribution in [0.3, 0.4) is 0 Å². The van der Waals surface area contributed by atoms with Crippen LogP contribution in [0.4, 0.5) is 105 Å². The molecule has 28 heteroatoms. The fourth-order valence-corrected chi connectivity index (χ4v) is 9.11. The summed E-state index contributed by atoms with van der Waals surface area (Å²) in [6.07, 6.45) is -54.8. The van der Waals surface area contributed by atoms with Crippen molar-refractivity contribution in [2.24, 2.45) is 0 Å². The number of nitrogens with zero attached hydrogens (tertiary/aromatic N) is 1. The molecule has 0 saturated carbocycles. The molecule has 0 spiro atoms. The van der Waals surface area contributed by atoms with Gasteiger partial charge >= 0.3 is 49.4 Å². The minimum Gasteiger partial charge on any atom is -0.194 e. The highest BCUT2D eigenvalue weighted by molar-refractivity contribution is 9.10. The predicted octanol–water partition coefficient (Wildman–Crippen LogP) is 15.2. The molecule has 1 nitrogen and oxygen atoms in total. The Morgan fingerprint density at radius 2 is 0.608 bits per heavy atom. The molecule has 7 rings (SSSR count). The van der Waals surface area contributed by atoms with Crippen LogP contribution in [0.1, 0.15) is 50.1 Å². The van der Waals surface area contributed by atoms with Gasteiger partial charge < -0.3 is 0 Å². The van der Waals surface area contributed by atoms with Crippen molar-refractivity contribution in [2.45, 2.75) is 56.0 Å². The van der Waals surface area contributed by atoms with Crippen LogP contribution in [-0.4, -0.2) is 6.15 Å². The molecule has 0 unspecified atom stereocenters. The van der Waals surface area contributed by atoms with Crippen molar-refractivity contribution < 1.29 is 110 Å². The standard InChI is InChI=1S/C32H12BF24.C14H11BrNS/c34-25(35,36)13-1-14(26(37,38)39)6-21(5-13)33(22-7-15(27(40,41)42)2-16(8-22)28(43,44)45,23-9-17(29(46,47)48)3-18(10-23)30(49,50)51)24-11-19(31(52,53)54)4-20(12-24)32(55,56)57;15-12-7-5-11(6-8-12)9-16-10-17-14-4-2-1-3-13(14)16/h1-12H;1-8,10H,9H2/q-1;+1. The molecule has 0 fully saturated rings. The Morgan fingerprint density at radius 3 is 0.865 bits per heavy atom. The van der Waals surface area contributed by atoms with Gasteiger partial charge in [-0.2, -0.15) is 132 Å². The fourth-order valence-electron chi connectivity index (χ4n) is 7.95. The highest BCUT2D eigenvalue weighted by Gasteiger charge is 2.47. The van der Waals surface area contributed by atoms with Crippen molar-refractivity contribution >= 4 is 65.5 Å². The van der Waals surface area contributed by atoms with E-state index >= 15 is 0 Å². The van der Waals surface area contributed by atoms with Gasteiger partial charge in [-0.1, -0.05) is 100 Å². The summed E-state index contributed by atoms with van der Waals surface area (Å²) in [6.45, 7) is 0.928. The van der Waals surface area contributed by atoms with E-state index in [2.05, 4.69) is 74.5 Å². The lowest BCUT2D eigenvalue weighted by atomic mass is 9.12. The topological polar surface area (TPSA) is 3.88 Å². The van der Waals surface area contributed by atoms with Gasteiger partial charge in [-0.15, -0.1) is 0 Å². The average molecular weight is 1170 g/mol. The Bertz CT molecular complexity index is 2720. The number of alkyl halides is 24. The molecular weight excluding hydrogens is 1150 g/mol. The molecule has 6 aromatic carbocycles. The van der Waals surface area contributed by atoms with E-state index < -0.39 is 195 Å². The van der Waals surface area contributed by atoms with E-state index in [0.29, 0.717) is 0 Å². The van der Waals surface area contributed by atoms with E-state index in [0.717, 1.165) is 11.0 Å². The van der Waals surface area contributed by atoms with E-state index in [1.165, 1.54) is 15.8 Å². The summed E-state index contributed by atoms with van der Waals surface area (Å²) < 4.78 is 346. The summed E-state index contributed by atoms with van der Waals surface area (Å²) in [5, 5.41) is 0. The van der Waals surface area contributed by atoms with Gasteiger partial charge in [-0.3, -0.25) is 0 Å². The number of para-hydroxylation sites is 1. The van der Waals surface area contributed by atoms with Gasteiger partial charge in [0.1, 0.15) is 10.8 Å². The SMILES string of the molecule is Brc1ccc(C[n+]2csc3ccccc32)cc1.FC(F)(F)c1cc([B-](c2cc(C(F)(F)F)cc(C(F)(F)F)c2)(c2cc(C(F)(F)F)cc(C(F)(F)F)c2)c2cc(C(F)(F)F)cc(C(F)(F)F)c2)cc(C(F)(F)F)c1. The third-order valence-corrected chi connectivity index (χ3v) is 12.7. The number of hydrogen-bond acceptors (Lipinski definition) is 1. The van der Waals surface area contributed by atoms with E-state index in [9.17, 15) is 105 Å². The Morgan fingerprint density at radius 1 is 0.351 bits per heavy atom. The van der Waals surface area contributed by atoms with E-state index in [1.54, 1.807) is 11.3 Å². The summed E-state index contributed by atoms with van der Waals surface area (Å²) in [5.41, 5.74) is -25.4. The van der Waals surface area contributed by atoms with Crippen LogP contribution in [0.15, 0.2) is 131 Å². The van der Waals surface area contributed by atoms with Crippen LogP contribution in [0.25, 0.3) is 10.2 Å². The molecule has 0 amide bonds. The lowest BCUT2D eigenvalue weighted by Gasteiger charge is -2.46. The first-order chi connectivity index (χ1) is 33.6. The first-order valence-corrected chi connectivity index (χ1v) is 21.7. The number of thiazole rings is 1. The Kier molecular flexibility index (Phi) is 15.2. The number of halogens is 25. The lowest BCUT2D eigenvalue weighted by molar-refractivity contribution is -0.658. The van der Waals surface area contributed by atoms with Crippen LogP contribution in [0.2, 0.25) is 0 Å². The smallest absolute Gasteiger partial charge is 0.194 e. The first-order valence-electron chi connectivity index (χ1n) is 20.0. The molecule has 0 aliphatic heterocycles. The monoisotopic (exact) mass is 1170 g/mol. The van der Waals surface area contributed by atoms with Crippen molar-refractivity contribution in [2.75, 3.05) is 0 Å². The summed E-state index contributed by atoms with van der Waals surface area (Å²) in [6, 6.07) is 8.19. The molecule has 0 aliphatic carbocycles. The molecule has 396 valence electrons. The molecule has 0 aliphatic rings. The third kappa shape index (κ3) is 12.8. The van der Waals surface area contributed by atoms with Crippen LogP contribution in [-0.2, 0) is 56.0 Å². The van der Waals surface area contributed by atoms with Crippen molar-refractivity contribution in [1.82, 2.24) is 0 Å². The van der Waals surface area contributed by atoms with Gasteiger partial charge in [0.15, 0.2) is 6.54 Å². The minimum atomic E-state index is -6.13. The largest absolute Gasteiger partial charge is 0.416 e. The summed E-state index contributed by atoms with van der Waals surface area (Å²) in [4.78, 5) is 0. The molecule has 0 saturated heterocycles.